The molecule has 2 atom stereocenters. The molecule has 4 heterocycles. The molecule has 0 amide bonds. The summed E-state index contributed by atoms with van der Waals surface area (Å²) in [5.41, 5.74) is 1.03. The van der Waals surface area contributed by atoms with Crippen molar-refractivity contribution in [3.8, 4) is 5.75 Å². The van der Waals surface area contributed by atoms with Crippen LogP contribution in [0.5, 0.6) is 5.75 Å². The lowest BCUT2D eigenvalue weighted by Crippen LogP contribution is -2.44. The maximum absolute atomic E-state index is 14.9. The third kappa shape index (κ3) is 4.51. The van der Waals surface area contributed by atoms with E-state index in [-0.39, 0.29) is 23.5 Å². The molecule has 38 heavy (non-hydrogen) atoms. The van der Waals surface area contributed by atoms with Gasteiger partial charge in [0, 0.05) is 38.3 Å². The molecular formula is C26H29ClF2N6O3. The number of piperidine rings is 1. The van der Waals surface area contributed by atoms with Crippen molar-refractivity contribution in [2.24, 2.45) is 13.0 Å². The largest absolute Gasteiger partial charge is 0.480 e. The molecule has 2 N–H and O–H groups in total. The predicted molar refractivity (Wildman–Crippen MR) is 142 cm³/mol. The maximum atomic E-state index is 14.9. The van der Waals surface area contributed by atoms with E-state index in [0.29, 0.717) is 39.9 Å². The summed E-state index contributed by atoms with van der Waals surface area (Å²) in [6.45, 7) is 0.661. The van der Waals surface area contributed by atoms with Gasteiger partial charge in [0.05, 0.1) is 29.5 Å². The summed E-state index contributed by atoms with van der Waals surface area (Å²) in [5.74, 6) is -2.40. The van der Waals surface area contributed by atoms with Crippen LogP contribution in [0, 0.1) is 5.92 Å². The lowest BCUT2D eigenvalue weighted by Gasteiger charge is -2.32. The minimum absolute atomic E-state index is 0.0971. The highest BCUT2D eigenvalue weighted by molar-refractivity contribution is 6.32. The minimum atomic E-state index is -3.10. The number of halogens is 3. The van der Waals surface area contributed by atoms with Crippen LogP contribution < -0.4 is 25.8 Å². The van der Waals surface area contributed by atoms with Gasteiger partial charge in [-0.1, -0.05) is 11.6 Å². The van der Waals surface area contributed by atoms with Crippen molar-refractivity contribution >= 4 is 45.6 Å². The molecule has 0 unspecified atom stereocenters. The van der Waals surface area contributed by atoms with Gasteiger partial charge in [-0.05, 0) is 49.8 Å². The molecule has 2 aromatic heterocycles. The summed E-state index contributed by atoms with van der Waals surface area (Å²) < 4.78 is 42.2. The molecule has 0 radical (unpaired) electrons. The molecule has 12 heteroatoms. The van der Waals surface area contributed by atoms with E-state index >= 15 is 0 Å². The summed E-state index contributed by atoms with van der Waals surface area (Å²) in [7, 11) is 3.30. The average molecular weight is 547 g/mol. The number of ether oxygens (including phenoxy) is 2. The smallest absolute Gasteiger partial charge is 0.301 e. The Labute approximate surface area is 223 Å². The van der Waals surface area contributed by atoms with Crippen LogP contribution in [-0.4, -0.2) is 59.4 Å². The zero-order valence-corrected chi connectivity index (χ0v) is 21.9. The second-order valence-electron chi connectivity index (χ2n) is 10.2. The van der Waals surface area contributed by atoms with Crippen LogP contribution in [0.3, 0.4) is 0 Å². The zero-order valence-electron chi connectivity index (χ0n) is 21.1. The number of pyridine rings is 1. The van der Waals surface area contributed by atoms with Crippen molar-refractivity contribution < 1.29 is 18.3 Å². The second kappa shape index (κ2) is 9.53. The van der Waals surface area contributed by atoms with E-state index < -0.39 is 24.1 Å². The molecule has 6 rings (SSSR count). The number of hydrogen-bond acceptors (Lipinski definition) is 8. The van der Waals surface area contributed by atoms with Gasteiger partial charge in [-0.3, -0.25) is 4.79 Å². The molecule has 1 aromatic carbocycles. The first-order valence-electron chi connectivity index (χ1n) is 12.8. The van der Waals surface area contributed by atoms with Crippen LogP contribution in [0.4, 0.5) is 31.9 Å². The highest BCUT2D eigenvalue weighted by Crippen LogP contribution is 2.45. The molecule has 202 valence electrons. The summed E-state index contributed by atoms with van der Waals surface area (Å²) in [5, 5.41) is 7.16. The minimum Gasteiger partial charge on any atom is -0.480 e. The summed E-state index contributed by atoms with van der Waals surface area (Å²) in [6.07, 6.45) is 5.06. The van der Waals surface area contributed by atoms with Crippen LogP contribution in [0.1, 0.15) is 25.7 Å². The molecule has 1 aliphatic carbocycles. The molecule has 2 fully saturated rings. The molecule has 0 bridgehead atoms. The molecule has 2 aliphatic heterocycles. The number of hydrogen-bond donors (Lipinski definition) is 2. The SMILES string of the molecule is CO[C@@H]1CCCN(c2ncc(Cl)c(Nc3ccc4c(c3)c3c(c(=O)n4C)OCC(F)(F)[C@H](C4CC4)N3)n2)C1. The number of nitrogens with one attached hydrogen (secondary N) is 2. The van der Waals surface area contributed by atoms with Crippen molar-refractivity contribution in [3.63, 3.8) is 0 Å². The highest BCUT2D eigenvalue weighted by Gasteiger charge is 2.51. The Balaban J connectivity index is 1.37. The number of alkyl halides is 2. The first-order valence-corrected chi connectivity index (χ1v) is 13.1. The van der Waals surface area contributed by atoms with Gasteiger partial charge in [0.25, 0.3) is 5.56 Å². The molecule has 9 nitrogen and oxygen atoms in total. The van der Waals surface area contributed by atoms with E-state index in [1.165, 1.54) is 4.57 Å². The van der Waals surface area contributed by atoms with Gasteiger partial charge in [0.2, 0.25) is 11.7 Å². The Morgan fingerprint density at radius 1 is 1.29 bits per heavy atom. The van der Waals surface area contributed by atoms with Gasteiger partial charge in [0.1, 0.15) is 5.02 Å². The van der Waals surface area contributed by atoms with Gasteiger partial charge in [0.15, 0.2) is 12.4 Å². The van der Waals surface area contributed by atoms with Crippen molar-refractivity contribution in [2.75, 3.05) is 42.3 Å². The van der Waals surface area contributed by atoms with Gasteiger partial charge >= 0.3 is 5.92 Å². The van der Waals surface area contributed by atoms with E-state index in [1.807, 2.05) is 0 Å². The predicted octanol–water partition coefficient (Wildman–Crippen LogP) is 4.56. The number of nitrogens with zero attached hydrogens (tertiary/aromatic N) is 4. The van der Waals surface area contributed by atoms with Crippen LogP contribution in [0.15, 0.2) is 29.2 Å². The maximum Gasteiger partial charge on any atom is 0.301 e. The Morgan fingerprint density at radius 3 is 2.87 bits per heavy atom. The normalized spacial score (nSPS) is 22.8. The highest BCUT2D eigenvalue weighted by atomic mass is 35.5. The third-order valence-corrected chi connectivity index (χ3v) is 7.88. The molecular weight excluding hydrogens is 518 g/mol. The van der Waals surface area contributed by atoms with E-state index in [2.05, 4.69) is 25.5 Å². The number of fused-ring (bicyclic) bond motifs is 3. The lowest BCUT2D eigenvalue weighted by atomic mass is 10.0. The van der Waals surface area contributed by atoms with Crippen molar-refractivity contribution in [3.05, 3.63) is 39.8 Å². The third-order valence-electron chi connectivity index (χ3n) is 7.60. The molecule has 1 saturated carbocycles. The van der Waals surface area contributed by atoms with E-state index in [0.717, 1.165) is 32.2 Å². The number of aryl methyl sites for hydroxylation is 1. The van der Waals surface area contributed by atoms with Crippen molar-refractivity contribution in [2.45, 2.75) is 43.8 Å². The summed E-state index contributed by atoms with van der Waals surface area (Å²) in [4.78, 5) is 24.2. The molecule has 3 aromatic rings. The fourth-order valence-electron chi connectivity index (χ4n) is 5.33. The molecule has 3 aliphatic rings. The quantitative estimate of drug-likeness (QED) is 0.481. The monoisotopic (exact) mass is 546 g/mol. The van der Waals surface area contributed by atoms with Gasteiger partial charge in [-0.15, -0.1) is 0 Å². The Bertz CT molecular complexity index is 1450. The van der Waals surface area contributed by atoms with Crippen molar-refractivity contribution in [1.29, 1.82) is 0 Å². The fourth-order valence-corrected chi connectivity index (χ4v) is 5.47. The number of rotatable bonds is 5. The van der Waals surface area contributed by atoms with E-state index in [9.17, 15) is 13.6 Å². The van der Waals surface area contributed by atoms with E-state index in [4.69, 9.17) is 21.1 Å². The van der Waals surface area contributed by atoms with Crippen LogP contribution in [0.2, 0.25) is 5.02 Å². The van der Waals surface area contributed by atoms with Gasteiger partial charge < -0.3 is 29.6 Å². The Kier molecular flexibility index (Phi) is 6.30. The topological polar surface area (TPSA) is 93.5 Å². The zero-order chi connectivity index (χ0) is 26.6. The number of benzene rings is 1. The lowest BCUT2D eigenvalue weighted by molar-refractivity contribution is -0.0579. The van der Waals surface area contributed by atoms with Crippen LogP contribution in [0.25, 0.3) is 10.9 Å². The first kappa shape index (κ1) is 25.1. The second-order valence-corrected chi connectivity index (χ2v) is 10.7. The van der Waals surface area contributed by atoms with Crippen LogP contribution >= 0.6 is 11.6 Å². The Hall–Kier alpha value is -3.18. The van der Waals surface area contributed by atoms with Crippen molar-refractivity contribution in [1.82, 2.24) is 14.5 Å². The molecule has 1 saturated heterocycles. The molecule has 0 spiro atoms. The number of anilines is 4. The van der Waals surface area contributed by atoms with Gasteiger partial charge in [-0.25, -0.2) is 13.8 Å². The summed E-state index contributed by atoms with van der Waals surface area (Å²) >= 11 is 6.44. The van der Waals surface area contributed by atoms with Crippen LogP contribution in [-0.2, 0) is 11.8 Å². The fraction of sp³-hybridized carbons (Fsp3) is 0.500. The Morgan fingerprint density at radius 2 is 2.11 bits per heavy atom. The summed E-state index contributed by atoms with van der Waals surface area (Å²) in [6, 6.07) is 4.24. The van der Waals surface area contributed by atoms with Gasteiger partial charge in [-0.2, -0.15) is 4.98 Å². The van der Waals surface area contributed by atoms with E-state index in [1.54, 1.807) is 38.6 Å². The first-order chi connectivity index (χ1) is 18.2. The average Bonchev–Trinajstić information content (AvgIpc) is 3.76. The number of methoxy groups -OCH3 is 1. The number of aromatic nitrogens is 3. The standard InChI is InChI=1S/C26H29ClF2N6O3/c1-34-19-8-7-15(31-23-18(27)11-30-25(33-23)35-9-3-4-16(12-35)37-2)10-17(19)20-21(24(34)36)38-13-26(28,29)22(32-20)14-5-6-14/h7-8,10-11,14,16,22,32H,3-6,9,12-13H2,1-2H3,(H,30,31,33)/t16-,22+/m1/s1.